The Labute approximate surface area is 247 Å². The van der Waals surface area contributed by atoms with Gasteiger partial charge in [-0.2, -0.15) is 0 Å². The number of likely N-dealkylation sites (tertiary alicyclic amines) is 2. The molecule has 5 rings (SSSR count). The third-order valence-electron chi connectivity index (χ3n) is 8.61. The minimum absolute atomic E-state index is 0.0511. The van der Waals surface area contributed by atoms with E-state index in [2.05, 4.69) is 4.90 Å². The van der Waals surface area contributed by atoms with E-state index in [0.717, 1.165) is 74.2 Å². The number of carbonyl (C=O) groups excluding carboxylic acids is 1. The van der Waals surface area contributed by atoms with Crippen LogP contribution in [0.2, 0.25) is 10.0 Å². The smallest absolute Gasteiger partial charge is 0.226 e. The van der Waals surface area contributed by atoms with Crippen molar-refractivity contribution < 1.29 is 14.6 Å². The summed E-state index contributed by atoms with van der Waals surface area (Å²) in [6, 6.07) is 23.8. The van der Waals surface area contributed by atoms with Crippen LogP contribution in [0.3, 0.4) is 0 Å². The molecule has 0 aliphatic carbocycles. The lowest BCUT2D eigenvalue weighted by molar-refractivity contribution is -0.140. The van der Waals surface area contributed by atoms with Gasteiger partial charge in [-0.1, -0.05) is 71.7 Å². The molecule has 3 aromatic carbocycles. The van der Waals surface area contributed by atoms with E-state index in [1.807, 2.05) is 77.7 Å². The van der Waals surface area contributed by atoms with Crippen molar-refractivity contribution >= 4 is 29.1 Å². The molecule has 0 bridgehead atoms. The van der Waals surface area contributed by atoms with Crippen LogP contribution in [0.5, 0.6) is 5.75 Å². The summed E-state index contributed by atoms with van der Waals surface area (Å²) in [7, 11) is 1.66. The number of benzene rings is 3. The van der Waals surface area contributed by atoms with Gasteiger partial charge >= 0.3 is 0 Å². The highest BCUT2D eigenvalue weighted by Crippen LogP contribution is 2.37. The van der Waals surface area contributed by atoms with Gasteiger partial charge in [-0.05, 0) is 79.6 Å². The van der Waals surface area contributed by atoms with E-state index in [4.69, 9.17) is 27.9 Å². The Bertz CT molecular complexity index is 1290. The Kier molecular flexibility index (Phi) is 9.37. The molecule has 2 unspecified atom stereocenters. The zero-order valence-electron chi connectivity index (χ0n) is 23.1. The molecule has 0 spiro atoms. The van der Waals surface area contributed by atoms with E-state index in [0.29, 0.717) is 23.1 Å². The van der Waals surface area contributed by atoms with Crippen LogP contribution in [0, 0.1) is 5.92 Å². The van der Waals surface area contributed by atoms with Gasteiger partial charge in [-0.3, -0.25) is 4.79 Å². The fourth-order valence-corrected chi connectivity index (χ4v) is 6.57. The number of hydrogen-bond acceptors (Lipinski definition) is 4. The molecule has 7 heteroatoms. The van der Waals surface area contributed by atoms with Crippen molar-refractivity contribution in [3.8, 4) is 5.75 Å². The van der Waals surface area contributed by atoms with E-state index < -0.39 is 5.60 Å². The molecule has 1 amide bonds. The molecular formula is C33H38Cl2N2O3. The van der Waals surface area contributed by atoms with Crippen LogP contribution in [0.25, 0.3) is 0 Å². The summed E-state index contributed by atoms with van der Waals surface area (Å²) in [6.07, 6.45) is 4.05. The fourth-order valence-electron chi connectivity index (χ4n) is 6.26. The molecular weight excluding hydrogens is 543 g/mol. The first-order chi connectivity index (χ1) is 19.3. The lowest BCUT2D eigenvalue weighted by atomic mass is 9.81. The number of ether oxygens (including phenoxy) is 1. The molecule has 2 fully saturated rings. The van der Waals surface area contributed by atoms with Crippen LogP contribution in [-0.4, -0.2) is 54.1 Å². The van der Waals surface area contributed by atoms with Crippen LogP contribution in [-0.2, 0) is 16.9 Å². The number of nitrogens with zero attached hydrogens (tertiary/aromatic N) is 2. The highest BCUT2D eigenvalue weighted by Gasteiger charge is 2.36. The highest BCUT2D eigenvalue weighted by molar-refractivity contribution is 6.42. The topological polar surface area (TPSA) is 53.0 Å². The SMILES string of the molecule is COc1cccc(CN2CC(c3ccc(Cl)c(Cl)c3)CC(CCCN3CCC(O)(c4ccccc4)CC3)C2=O)c1. The molecule has 5 nitrogen and oxygen atoms in total. The molecule has 2 atom stereocenters. The predicted octanol–water partition coefficient (Wildman–Crippen LogP) is 6.90. The molecule has 2 saturated heterocycles. The monoisotopic (exact) mass is 580 g/mol. The van der Waals surface area contributed by atoms with E-state index >= 15 is 0 Å². The normalized spacial score (nSPS) is 21.4. The minimum atomic E-state index is -0.745. The summed E-state index contributed by atoms with van der Waals surface area (Å²) in [5.41, 5.74) is 2.44. The summed E-state index contributed by atoms with van der Waals surface area (Å²) in [6.45, 7) is 3.85. The Morgan fingerprint density at radius 2 is 1.75 bits per heavy atom. The Morgan fingerprint density at radius 3 is 2.48 bits per heavy atom. The first-order valence-corrected chi connectivity index (χ1v) is 15.0. The number of rotatable bonds is 9. The molecule has 40 heavy (non-hydrogen) atoms. The maximum absolute atomic E-state index is 13.7. The Morgan fingerprint density at radius 1 is 0.975 bits per heavy atom. The zero-order chi connectivity index (χ0) is 28.1. The zero-order valence-corrected chi connectivity index (χ0v) is 24.6. The summed E-state index contributed by atoms with van der Waals surface area (Å²) in [5.74, 6) is 1.15. The second kappa shape index (κ2) is 12.9. The maximum atomic E-state index is 13.7. The van der Waals surface area contributed by atoms with Crippen molar-refractivity contribution in [2.24, 2.45) is 5.92 Å². The van der Waals surface area contributed by atoms with Crippen molar-refractivity contribution in [1.29, 1.82) is 0 Å². The van der Waals surface area contributed by atoms with E-state index in [1.165, 1.54) is 0 Å². The van der Waals surface area contributed by atoms with Gasteiger partial charge in [0.05, 0.1) is 22.8 Å². The predicted molar refractivity (Wildman–Crippen MR) is 161 cm³/mol. The minimum Gasteiger partial charge on any atom is -0.497 e. The molecule has 2 aliphatic heterocycles. The van der Waals surface area contributed by atoms with Gasteiger partial charge in [-0.25, -0.2) is 0 Å². The van der Waals surface area contributed by atoms with Crippen molar-refractivity contribution in [2.75, 3.05) is 33.3 Å². The van der Waals surface area contributed by atoms with Gasteiger partial charge in [0.2, 0.25) is 5.91 Å². The highest BCUT2D eigenvalue weighted by atomic mass is 35.5. The molecule has 0 radical (unpaired) electrons. The number of halogens is 2. The summed E-state index contributed by atoms with van der Waals surface area (Å²) in [5, 5.41) is 12.3. The quantitative estimate of drug-likeness (QED) is 0.299. The molecule has 3 aromatic rings. The number of aliphatic hydroxyl groups is 1. The van der Waals surface area contributed by atoms with Crippen LogP contribution in [0.1, 0.15) is 54.7 Å². The van der Waals surface area contributed by atoms with E-state index in [9.17, 15) is 9.90 Å². The second-order valence-electron chi connectivity index (χ2n) is 11.3. The average molecular weight is 582 g/mol. The van der Waals surface area contributed by atoms with Crippen molar-refractivity contribution in [3.63, 3.8) is 0 Å². The molecule has 1 N–H and O–H groups in total. The average Bonchev–Trinajstić information content (AvgIpc) is 2.98. The van der Waals surface area contributed by atoms with Gasteiger partial charge in [0.25, 0.3) is 0 Å². The van der Waals surface area contributed by atoms with Gasteiger partial charge in [0.1, 0.15) is 5.75 Å². The lowest BCUT2D eigenvalue weighted by Crippen LogP contribution is -2.45. The largest absolute Gasteiger partial charge is 0.497 e. The summed E-state index contributed by atoms with van der Waals surface area (Å²) < 4.78 is 5.40. The molecule has 212 valence electrons. The summed E-state index contributed by atoms with van der Waals surface area (Å²) >= 11 is 12.6. The molecule has 0 aromatic heterocycles. The number of amides is 1. The first kappa shape index (κ1) is 28.9. The van der Waals surface area contributed by atoms with Gasteiger partial charge in [0, 0.05) is 38.0 Å². The van der Waals surface area contributed by atoms with Gasteiger partial charge in [0.15, 0.2) is 0 Å². The second-order valence-corrected chi connectivity index (χ2v) is 12.1. The van der Waals surface area contributed by atoms with E-state index in [1.54, 1.807) is 7.11 Å². The van der Waals surface area contributed by atoms with Crippen LogP contribution in [0.15, 0.2) is 72.8 Å². The Balaban J connectivity index is 1.23. The third kappa shape index (κ3) is 6.83. The van der Waals surface area contributed by atoms with Crippen LogP contribution in [0.4, 0.5) is 0 Å². The van der Waals surface area contributed by atoms with Crippen molar-refractivity contribution in [1.82, 2.24) is 9.80 Å². The number of hydrogen-bond donors (Lipinski definition) is 1. The number of piperidine rings is 2. The van der Waals surface area contributed by atoms with Crippen molar-refractivity contribution in [3.05, 3.63) is 99.5 Å². The molecule has 2 aliphatic rings. The Hall–Kier alpha value is -2.57. The number of carbonyl (C=O) groups is 1. The van der Waals surface area contributed by atoms with Crippen LogP contribution < -0.4 is 4.74 Å². The standard InChI is InChI=1S/C33H38Cl2N2O3/c1-40-29-11-5-7-24(19-29)22-37-23-27(25-12-13-30(34)31(35)21-25)20-26(32(37)38)8-6-16-36-17-14-33(39,15-18-36)28-9-3-2-4-10-28/h2-5,7,9-13,19,21,26-27,39H,6,8,14-18,20,22-23H2,1H3. The first-order valence-electron chi connectivity index (χ1n) is 14.2. The molecule has 0 saturated carbocycles. The lowest BCUT2D eigenvalue weighted by Gasteiger charge is -2.39. The van der Waals surface area contributed by atoms with E-state index in [-0.39, 0.29) is 17.7 Å². The van der Waals surface area contributed by atoms with Crippen molar-refractivity contribution in [2.45, 2.75) is 50.2 Å². The van der Waals surface area contributed by atoms with Crippen LogP contribution >= 0.6 is 23.2 Å². The summed E-state index contributed by atoms with van der Waals surface area (Å²) in [4.78, 5) is 18.1. The maximum Gasteiger partial charge on any atom is 0.226 e. The number of methoxy groups -OCH3 is 1. The third-order valence-corrected chi connectivity index (χ3v) is 9.35. The fraction of sp³-hybridized carbons (Fsp3) is 0.424. The van der Waals surface area contributed by atoms with Gasteiger partial charge < -0.3 is 19.6 Å². The van der Waals surface area contributed by atoms with Gasteiger partial charge in [-0.15, -0.1) is 0 Å². The molecule has 2 heterocycles.